The number of aromatic nitrogens is 1. The van der Waals surface area contributed by atoms with Crippen molar-refractivity contribution >= 4 is 23.3 Å². The third kappa shape index (κ3) is 3.21. The lowest BCUT2D eigenvalue weighted by molar-refractivity contribution is 0.262. The van der Waals surface area contributed by atoms with Gasteiger partial charge in [0.1, 0.15) is 29.7 Å². The van der Waals surface area contributed by atoms with Crippen LogP contribution in [-0.4, -0.2) is 31.3 Å². The SMILES string of the molecule is CN(N)c1ccc(C2Nc3ccc(OC[C@H]4CO4)cc3S2)cn1. The second kappa shape index (κ2) is 5.92. The number of rotatable bonds is 5. The average Bonchev–Trinajstić information content (AvgIpc) is 3.30. The van der Waals surface area contributed by atoms with Crippen LogP contribution in [0.2, 0.25) is 0 Å². The van der Waals surface area contributed by atoms with Crippen LogP contribution in [0, 0.1) is 0 Å². The van der Waals surface area contributed by atoms with Crippen molar-refractivity contribution in [3.8, 4) is 5.75 Å². The zero-order valence-electron chi connectivity index (χ0n) is 12.7. The summed E-state index contributed by atoms with van der Waals surface area (Å²) in [6.45, 7) is 1.43. The van der Waals surface area contributed by atoms with Crippen molar-refractivity contribution in [2.24, 2.45) is 5.84 Å². The summed E-state index contributed by atoms with van der Waals surface area (Å²) in [4.78, 5) is 5.55. The number of thioether (sulfide) groups is 1. The van der Waals surface area contributed by atoms with Gasteiger partial charge in [-0.2, -0.15) is 0 Å². The van der Waals surface area contributed by atoms with Gasteiger partial charge in [-0.05, 0) is 24.3 Å². The molecule has 1 saturated heterocycles. The zero-order chi connectivity index (χ0) is 15.8. The highest BCUT2D eigenvalue weighted by Crippen LogP contribution is 2.47. The molecule has 0 radical (unpaired) electrons. The highest BCUT2D eigenvalue weighted by Gasteiger charge is 2.25. The number of epoxide rings is 1. The van der Waals surface area contributed by atoms with Crippen molar-refractivity contribution in [1.29, 1.82) is 0 Å². The maximum Gasteiger partial charge on any atom is 0.142 e. The number of pyridine rings is 1. The van der Waals surface area contributed by atoms with Gasteiger partial charge in [-0.1, -0.05) is 17.8 Å². The summed E-state index contributed by atoms with van der Waals surface area (Å²) in [6.07, 6.45) is 2.13. The first-order chi connectivity index (χ1) is 11.2. The Bertz CT molecular complexity index is 704. The number of nitrogens with two attached hydrogens (primary N) is 1. The van der Waals surface area contributed by atoms with Gasteiger partial charge in [-0.15, -0.1) is 0 Å². The van der Waals surface area contributed by atoms with Crippen molar-refractivity contribution < 1.29 is 9.47 Å². The Labute approximate surface area is 138 Å². The molecule has 23 heavy (non-hydrogen) atoms. The fourth-order valence-corrected chi connectivity index (χ4v) is 3.53. The van der Waals surface area contributed by atoms with E-state index in [-0.39, 0.29) is 11.5 Å². The molecule has 2 aromatic rings. The molecule has 1 aromatic heterocycles. The van der Waals surface area contributed by atoms with Crippen LogP contribution >= 0.6 is 11.8 Å². The largest absolute Gasteiger partial charge is 0.491 e. The van der Waals surface area contributed by atoms with Gasteiger partial charge in [0.05, 0.1) is 6.61 Å². The summed E-state index contributed by atoms with van der Waals surface area (Å²) < 4.78 is 10.9. The molecular formula is C16H18N4O2S. The molecule has 0 aliphatic carbocycles. The number of anilines is 2. The topological polar surface area (TPSA) is 75.9 Å². The molecule has 3 heterocycles. The Balaban J connectivity index is 1.46. The predicted molar refractivity (Wildman–Crippen MR) is 90.7 cm³/mol. The van der Waals surface area contributed by atoms with Crippen molar-refractivity contribution in [2.45, 2.75) is 16.4 Å². The molecular weight excluding hydrogens is 312 g/mol. The van der Waals surface area contributed by atoms with Crippen LogP contribution in [0.4, 0.5) is 11.5 Å². The molecule has 120 valence electrons. The molecule has 6 nitrogen and oxygen atoms in total. The Morgan fingerprint density at radius 1 is 1.43 bits per heavy atom. The highest BCUT2D eigenvalue weighted by atomic mass is 32.2. The smallest absolute Gasteiger partial charge is 0.142 e. The van der Waals surface area contributed by atoms with E-state index in [1.165, 1.54) is 9.90 Å². The van der Waals surface area contributed by atoms with Gasteiger partial charge in [0.2, 0.25) is 0 Å². The van der Waals surface area contributed by atoms with E-state index in [0.717, 1.165) is 29.4 Å². The van der Waals surface area contributed by atoms with Gasteiger partial charge in [0, 0.05) is 29.4 Å². The summed E-state index contributed by atoms with van der Waals surface area (Å²) in [5, 5.41) is 5.15. The second-order valence-corrected chi connectivity index (χ2v) is 6.77. The lowest BCUT2D eigenvalue weighted by Crippen LogP contribution is -2.26. The van der Waals surface area contributed by atoms with Gasteiger partial charge < -0.3 is 14.8 Å². The molecule has 1 unspecified atom stereocenters. The Kier molecular flexibility index (Phi) is 3.76. The number of hydrogen-bond acceptors (Lipinski definition) is 7. The molecule has 0 amide bonds. The molecule has 4 rings (SSSR count). The number of hydrazine groups is 1. The van der Waals surface area contributed by atoms with E-state index >= 15 is 0 Å². The molecule has 2 aliphatic heterocycles. The summed E-state index contributed by atoms with van der Waals surface area (Å²) >= 11 is 1.76. The molecule has 0 saturated carbocycles. The highest BCUT2D eigenvalue weighted by molar-refractivity contribution is 8.00. The summed E-state index contributed by atoms with van der Waals surface area (Å²) in [6, 6.07) is 10.1. The first kappa shape index (κ1) is 14.6. The van der Waals surface area contributed by atoms with Crippen molar-refractivity contribution in [2.75, 3.05) is 30.6 Å². The number of nitrogens with zero attached hydrogens (tertiary/aromatic N) is 2. The van der Waals surface area contributed by atoms with E-state index in [1.54, 1.807) is 18.8 Å². The normalized spacial score (nSPS) is 21.5. The third-order valence-corrected chi connectivity index (χ3v) is 4.98. The number of ether oxygens (including phenoxy) is 2. The van der Waals surface area contributed by atoms with Gasteiger partial charge in [-0.25, -0.2) is 10.8 Å². The third-order valence-electron chi connectivity index (χ3n) is 3.76. The van der Waals surface area contributed by atoms with Crippen LogP contribution in [0.1, 0.15) is 10.9 Å². The standard InChI is InChI=1S/C16H18N4O2S/c1-20(17)15-5-2-10(7-18-15)16-19-13-4-3-11(6-14(13)23-16)21-8-12-9-22-12/h2-7,12,16,19H,8-9,17H2,1H3/t12-,16?/m0/s1. The molecule has 2 atom stereocenters. The first-order valence-electron chi connectivity index (χ1n) is 7.45. The average molecular weight is 330 g/mol. The van der Waals surface area contributed by atoms with E-state index < -0.39 is 0 Å². The molecule has 3 N–H and O–H groups in total. The number of benzene rings is 1. The van der Waals surface area contributed by atoms with Crippen molar-refractivity contribution in [3.63, 3.8) is 0 Å². The van der Waals surface area contributed by atoms with E-state index in [4.69, 9.17) is 15.3 Å². The number of hydrogen-bond donors (Lipinski definition) is 2. The van der Waals surface area contributed by atoms with E-state index in [0.29, 0.717) is 6.61 Å². The van der Waals surface area contributed by atoms with Crippen LogP contribution in [0.3, 0.4) is 0 Å². The van der Waals surface area contributed by atoms with E-state index in [2.05, 4.69) is 22.4 Å². The summed E-state index contributed by atoms with van der Waals surface area (Å²) in [5.74, 6) is 7.31. The van der Waals surface area contributed by atoms with Crippen LogP contribution in [0.5, 0.6) is 5.75 Å². The van der Waals surface area contributed by atoms with Crippen LogP contribution < -0.4 is 20.9 Å². The van der Waals surface area contributed by atoms with Gasteiger partial charge in [0.25, 0.3) is 0 Å². The fraction of sp³-hybridized carbons (Fsp3) is 0.312. The Morgan fingerprint density at radius 3 is 3.00 bits per heavy atom. The van der Waals surface area contributed by atoms with E-state index in [1.807, 2.05) is 24.4 Å². The van der Waals surface area contributed by atoms with Crippen molar-refractivity contribution in [3.05, 3.63) is 42.1 Å². The molecule has 2 aliphatic rings. The monoisotopic (exact) mass is 330 g/mol. The van der Waals surface area contributed by atoms with Gasteiger partial charge in [-0.3, -0.25) is 5.01 Å². The molecule has 1 fully saturated rings. The minimum Gasteiger partial charge on any atom is -0.491 e. The Hall–Kier alpha value is -1.96. The van der Waals surface area contributed by atoms with Gasteiger partial charge >= 0.3 is 0 Å². The minimum atomic E-state index is 0.150. The first-order valence-corrected chi connectivity index (χ1v) is 8.33. The van der Waals surface area contributed by atoms with Crippen LogP contribution in [-0.2, 0) is 4.74 Å². The predicted octanol–water partition coefficient (Wildman–Crippen LogP) is 2.39. The quantitative estimate of drug-likeness (QED) is 0.495. The lowest BCUT2D eigenvalue weighted by Gasteiger charge is -2.13. The fourth-order valence-electron chi connectivity index (χ4n) is 2.37. The van der Waals surface area contributed by atoms with Crippen LogP contribution in [0.15, 0.2) is 41.4 Å². The molecule has 7 heteroatoms. The Morgan fingerprint density at radius 2 is 2.30 bits per heavy atom. The van der Waals surface area contributed by atoms with E-state index in [9.17, 15) is 0 Å². The number of nitrogens with one attached hydrogen (secondary N) is 1. The summed E-state index contributed by atoms with van der Waals surface area (Å²) in [5.41, 5.74) is 2.24. The maximum atomic E-state index is 5.74. The summed E-state index contributed by atoms with van der Waals surface area (Å²) in [7, 11) is 1.77. The van der Waals surface area contributed by atoms with Crippen LogP contribution in [0.25, 0.3) is 0 Å². The van der Waals surface area contributed by atoms with Gasteiger partial charge in [0.15, 0.2) is 0 Å². The zero-order valence-corrected chi connectivity index (χ0v) is 13.5. The minimum absolute atomic E-state index is 0.150. The maximum absolute atomic E-state index is 5.74. The second-order valence-electron chi connectivity index (χ2n) is 5.63. The van der Waals surface area contributed by atoms with Crippen molar-refractivity contribution in [1.82, 2.24) is 4.98 Å². The number of fused-ring (bicyclic) bond motifs is 1. The molecule has 0 spiro atoms. The lowest BCUT2D eigenvalue weighted by atomic mass is 10.2. The molecule has 0 bridgehead atoms. The molecule has 1 aromatic carbocycles.